The second-order valence-electron chi connectivity index (χ2n) is 4.47. The average Bonchev–Trinajstić information content (AvgIpc) is 2.42. The van der Waals surface area contributed by atoms with E-state index < -0.39 is 0 Å². The molecule has 0 bridgehead atoms. The lowest BCUT2D eigenvalue weighted by atomic mass is 10.2. The van der Waals surface area contributed by atoms with Crippen LogP contribution < -0.4 is 10.3 Å². The molecule has 0 saturated carbocycles. The molecule has 2 aromatic rings. The first kappa shape index (κ1) is 14.1. The number of rotatable bonds is 6. The van der Waals surface area contributed by atoms with Gasteiger partial charge in [0.2, 0.25) is 5.56 Å². The van der Waals surface area contributed by atoms with Gasteiger partial charge in [0.25, 0.3) is 0 Å². The van der Waals surface area contributed by atoms with Crippen molar-refractivity contribution in [2.75, 3.05) is 13.2 Å². The number of esters is 1. The van der Waals surface area contributed by atoms with Gasteiger partial charge in [-0.3, -0.25) is 9.59 Å². The number of hydrogen-bond donors (Lipinski definition) is 1. The Morgan fingerprint density at radius 1 is 1.15 bits per heavy atom. The van der Waals surface area contributed by atoms with Gasteiger partial charge in [0.05, 0.1) is 18.7 Å². The Morgan fingerprint density at radius 3 is 2.70 bits per heavy atom. The molecule has 20 heavy (non-hydrogen) atoms. The summed E-state index contributed by atoms with van der Waals surface area (Å²) in [6, 6.07) is 8.85. The van der Waals surface area contributed by atoms with Crippen molar-refractivity contribution in [3.8, 4) is 5.75 Å². The third-order valence-electron chi connectivity index (χ3n) is 2.81. The van der Waals surface area contributed by atoms with Gasteiger partial charge in [-0.25, -0.2) is 0 Å². The quantitative estimate of drug-likeness (QED) is 0.648. The Labute approximate surface area is 116 Å². The average molecular weight is 275 g/mol. The summed E-state index contributed by atoms with van der Waals surface area (Å²) in [5.74, 6) is 0.455. The Bertz CT molecular complexity index is 648. The molecule has 2 rings (SSSR count). The summed E-state index contributed by atoms with van der Waals surface area (Å²) >= 11 is 0. The number of aromatic nitrogens is 1. The van der Waals surface area contributed by atoms with Gasteiger partial charge >= 0.3 is 5.97 Å². The Hall–Kier alpha value is -2.30. The van der Waals surface area contributed by atoms with Crippen molar-refractivity contribution in [2.45, 2.75) is 19.8 Å². The molecule has 1 N–H and O–H groups in total. The lowest BCUT2D eigenvalue weighted by molar-refractivity contribution is -0.141. The standard InChI is InChI=1S/C15H17NO4/c1-11(17)19-8-2-3-9-20-13-6-4-12-5-7-15(18)16-14(12)10-13/h4-7,10H,2-3,8-9H2,1H3,(H,16,18). The number of carbonyl (C=O) groups excluding carboxylic acids is 1. The van der Waals surface area contributed by atoms with Crippen LogP contribution in [-0.4, -0.2) is 24.2 Å². The number of ether oxygens (including phenoxy) is 2. The molecule has 0 radical (unpaired) electrons. The summed E-state index contributed by atoms with van der Waals surface area (Å²) in [6.45, 7) is 2.36. The molecular formula is C15H17NO4. The summed E-state index contributed by atoms with van der Waals surface area (Å²) in [4.78, 5) is 24.6. The molecule has 1 heterocycles. The number of fused-ring (bicyclic) bond motifs is 1. The van der Waals surface area contributed by atoms with Gasteiger partial charge in [0.1, 0.15) is 5.75 Å². The van der Waals surface area contributed by atoms with Crippen molar-refractivity contribution in [3.63, 3.8) is 0 Å². The molecule has 0 unspecified atom stereocenters. The summed E-state index contributed by atoms with van der Waals surface area (Å²) in [6.07, 6.45) is 1.57. The predicted molar refractivity (Wildman–Crippen MR) is 75.9 cm³/mol. The zero-order valence-corrected chi connectivity index (χ0v) is 11.3. The topological polar surface area (TPSA) is 68.4 Å². The van der Waals surface area contributed by atoms with E-state index in [-0.39, 0.29) is 11.5 Å². The molecule has 0 spiro atoms. The fourth-order valence-electron chi connectivity index (χ4n) is 1.83. The minimum Gasteiger partial charge on any atom is -0.494 e. The van der Waals surface area contributed by atoms with E-state index in [2.05, 4.69) is 4.98 Å². The molecular weight excluding hydrogens is 258 g/mol. The molecule has 0 saturated heterocycles. The highest BCUT2D eigenvalue weighted by molar-refractivity contribution is 5.79. The van der Waals surface area contributed by atoms with Gasteiger partial charge in [-0.1, -0.05) is 0 Å². The minimum absolute atomic E-state index is 0.129. The maximum absolute atomic E-state index is 11.2. The van der Waals surface area contributed by atoms with Crippen LogP contribution in [0.3, 0.4) is 0 Å². The van der Waals surface area contributed by atoms with Crippen LogP contribution in [0.2, 0.25) is 0 Å². The Kier molecular flexibility index (Phi) is 4.76. The number of aromatic amines is 1. The van der Waals surface area contributed by atoms with Crippen LogP contribution in [0.4, 0.5) is 0 Å². The van der Waals surface area contributed by atoms with Crippen LogP contribution in [-0.2, 0) is 9.53 Å². The van der Waals surface area contributed by atoms with Gasteiger partial charge in [-0.2, -0.15) is 0 Å². The molecule has 0 atom stereocenters. The van der Waals surface area contributed by atoms with E-state index in [1.807, 2.05) is 18.2 Å². The first-order valence-corrected chi connectivity index (χ1v) is 6.54. The first-order valence-electron chi connectivity index (χ1n) is 6.54. The molecule has 1 aromatic heterocycles. The maximum Gasteiger partial charge on any atom is 0.302 e. The highest BCUT2D eigenvalue weighted by atomic mass is 16.5. The summed E-state index contributed by atoms with van der Waals surface area (Å²) < 4.78 is 10.4. The minimum atomic E-state index is -0.260. The highest BCUT2D eigenvalue weighted by Gasteiger charge is 1.99. The molecule has 0 aliphatic heterocycles. The van der Waals surface area contributed by atoms with Crippen LogP contribution in [0.5, 0.6) is 5.75 Å². The zero-order valence-electron chi connectivity index (χ0n) is 11.3. The second kappa shape index (κ2) is 6.75. The van der Waals surface area contributed by atoms with Crippen molar-refractivity contribution < 1.29 is 14.3 Å². The molecule has 0 aliphatic rings. The predicted octanol–water partition coefficient (Wildman–Crippen LogP) is 2.25. The van der Waals surface area contributed by atoms with Gasteiger partial charge in [0.15, 0.2) is 0 Å². The van der Waals surface area contributed by atoms with E-state index in [4.69, 9.17) is 9.47 Å². The first-order chi connectivity index (χ1) is 9.65. The highest BCUT2D eigenvalue weighted by Crippen LogP contribution is 2.18. The zero-order chi connectivity index (χ0) is 14.4. The SMILES string of the molecule is CC(=O)OCCCCOc1ccc2ccc(=O)[nH]c2c1. The van der Waals surface area contributed by atoms with E-state index in [9.17, 15) is 9.59 Å². The summed E-state index contributed by atoms with van der Waals surface area (Å²) in [5.41, 5.74) is 0.631. The van der Waals surface area contributed by atoms with E-state index >= 15 is 0 Å². The summed E-state index contributed by atoms with van der Waals surface area (Å²) in [7, 11) is 0. The number of H-pyrrole nitrogens is 1. The summed E-state index contributed by atoms with van der Waals surface area (Å²) in [5, 5.41) is 0.965. The van der Waals surface area contributed by atoms with Crippen LogP contribution in [0, 0.1) is 0 Å². The molecule has 106 valence electrons. The van der Waals surface area contributed by atoms with E-state index in [1.54, 1.807) is 6.07 Å². The van der Waals surface area contributed by atoms with Gasteiger partial charge in [-0.05, 0) is 36.4 Å². The molecule has 1 aromatic carbocycles. The fourth-order valence-corrected chi connectivity index (χ4v) is 1.83. The number of nitrogens with one attached hydrogen (secondary N) is 1. The second-order valence-corrected chi connectivity index (χ2v) is 4.47. The Balaban J connectivity index is 1.84. The Morgan fingerprint density at radius 2 is 1.90 bits per heavy atom. The number of hydrogen-bond acceptors (Lipinski definition) is 4. The van der Waals surface area contributed by atoms with E-state index in [0.717, 1.165) is 23.7 Å². The number of unbranched alkanes of at least 4 members (excludes halogenated alkanes) is 1. The maximum atomic E-state index is 11.2. The van der Waals surface area contributed by atoms with Crippen molar-refractivity contribution in [1.82, 2.24) is 4.98 Å². The molecule has 0 fully saturated rings. The smallest absolute Gasteiger partial charge is 0.302 e. The molecule has 5 nitrogen and oxygen atoms in total. The lowest BCUT2D eigenvalue weighted by Gasteiger charge is -2.07. The van der Waals surface area contributed by atoms with Crippen molar-refractivity contribution in [2.24, 2.45) is 0 Å². The van der Waals surface area contributed by atoms with Gasteiger partial charge < -0.3 is 14.5 Å². The van der Waals surface area contributed by atoms with Crippen molar-refractivity contribution in [3.05, 3.63) is 40.7 Å². The van der Waals surface area contributed by atoms with Gasteiger partial charge in [0, 0.05) is 19.1 Å². The van der Waals surface area contributed by atoms with Crippen LogP contribution in [0.1, 0.15) is 19.8 Å². The number of carbonyl (C=O) groups is 1. The van der Waals surface area contributed by atoms with Crippen LogP contribution in [0.25, 0.3) is 10.9 Å². The van der Waals surface area contributed by atoms with Crippen molar-refractivity contribution >= 4 is 16.9 Å². The molecule has 0 aliphatic carbocycles. The van der Waals surface area contributed by atoms with Crippen LogP contribution >= 0.6 is 0 Å². The van der Waals surface area contributed by atoms with E-state index in [0.29, 0.717) is 19.0 Å². The fraction of sp³-hybridized carbons (Fsp3) is 0.333. The van der Waals surface area contributed by atoms with E-state index in [1.165, 1.54) is 13.0 Å². The van der Waals surface area contributed by atoms with Crippen molar-refractivity contribution in [1.29, 1.82) is 0 Å². The largest absolute Gasteiger partial charge is 0.494 e. The number of benzene rings is 1. The molecule has 5 heteroatoms. The third kappa shape index (κ3) is 4.12. The normalized spacial score (nSPS) is 10.4. The molecule has 0 amide bonds. The third-order valence-corrected chi connectivity index (χ3v) is 2.81. The monoisotopic (exact) mass is 275 g/mol. The number of pyridine rings is 1. The van der Waals surface area contributed by atoms with Crippen LogP contribution in [0.15, 0.2) is 35.1 Å². The van der Waals surface area contributed by atoms with Gasteiger partial charge in [-0.15, -0.1) is 0 Å². The lowest BCUT2D eigenvalue weighted by Crippen LogP contribution is -2.04.